The Morgan fingerprint density at radius 1 is 1.50 bits per heavy atom. The number of carbonyl (C=O) groups is 1. The van der Waals surface area contributed by atoms with Gasteiger partial charge in [0.05, 0.1) is 11.6 Å². The van der Waals surface area contributed by atoms with Crippen LogP contribution < -0.4 is 10.1 Å². The van der Waals surface area contributed by atoms with Crippen molar-refractivity contribution in [3.8, 4) is 5.75 Å². The lowest BCUT2D eigenvalue weighted by atomic mass is 10.3. The zero-order chi connectivity index (χ0) is 13.1. The molecular weight excluding hydrogens is 342 g/mol. The normalized spacial score (nSPS) is 10.2. The first kappa shape index (κ1) is 13.3. The number of nitrogens with zero attached hydrogens (tertiary/aromatic N) is 2. The van der Waals surface area contributed by atoms with E-state index in [0.29, 0.717) is 11.4 Å². The molecule has 1 aromatic heterocycles. The van der Waals surface area contributed by atoms with Crippen molar-refractivity contribution in [1.82, 2.24) is 10.2 Å². The van der Waals surface area contributed by atoms with Crippen molar-refractivity contribution >= 4 is 50.5 Å². The summed E-state index contributed by atoms with van der Waals surface area (Å²) in [7, 11) is 1.57. The summed E-state index contributed by atoms with van der Waals surface area (Å²) in [6, 6.07) is 5.20. The number of carbonyl (C=O) groups excluding carboxylic acids is 1. The van der Waals surface area contributed by atoms with Crippen LogP contribution in [0.5, 0.6) is 5.75 Å². The average molecular weight is 349 g/mol. The molecule has 0 spiro atoms. The van der Waals surface area contributed by atoms with Gasteiger partial charge in [-0.05, 0) is 45.7 Å². The van der Waals surface area contributed by atoms with Crippen molar-refractivity contribution in [3.63, 3.8) is 0 Å². The van der Waals surface area contributed by atoms with Crippen molar-refractivity contribution in [3.05, 3.63) is 32.1 Å². The second-order valence-corrected chi connectivity index (χ2v) is 5.58. The second-order valence-electron chi connectivity index (χ2n) is 3.16. The fourth-order valence-corrected chi connectivity index (χ4v) is 2.49. The van der Waals surface area contributed by atoms with E-state index in [4.69, 9.17) is 16.3 Å². The van der Waals surface area contributed by atoms with E-state index in [9.17, 15) is 4.79 Å². The summed E-state index contributed by atoms with van der Waals surface area (Å²) in [6.07, 6.45) is 0. The van der Waals surface area contributed by atoms with Gasteiger partial charge in [-0.25, -0.2) is 0 Å². The van der Waals surface area contributed by atoms with E-state index < -0.39 is 0 Å². The molecule has 1 aromatic carbocycles. The second kappa shape index (κ2) is 5.64. The number of nitrogens with one attached hydrogen (secondary N) is 1. The number of benzene rings is 1. The Labute approximate surface area is 120 Å². The molecule has 2 aromatic rings. The highest BCUT2D eigenvalue weighted by atomic mass is 79.9. The van der Waals surface area contributed by atoms with Gasteiger partial charge in [-0.2, -0.15) is 0 Å². The Bertz CT molecular complexity index is 590. The van der Waals surface area contributed by atoms with Crippen molar-refractivity contribution in [2.24, 2.45) is 0 Å². The van der Waals surface area contributed by atoms with Crippen LogP contribution in [-0.4, -0.2) is 23.2 Å². The lowest BCUT2D eigenvalue weighted by Crippen LogP contribution is -2.11. The predicted molar refractivity (Wildman–Crippen MR) is 73.6 cm³/mol. The number of halogens is 2. The third kappa shape index (κ3) is 2.98. The number of amides is 1. The molecule has 2 rings (SSSR count). The van der Waals surface area contributed by atoms with Gasteiger partial charge in [0.1, 0.15) is 5.75 Å². The maximum atomic E-state index is 11.8. The maximum Gasteiger partial charge on any atom is 0.286 e. The lowest BCUT2D eigenvalue weighted by molar-refractivity contribution is 0.102. The molecule has 1 heterocycles. The topological polar surface area (TPSA) is 64.1 Å². The number of ether oxygens (including phenoxy) is 1. The van der Waals surface area contributed by atoms with Gasteiger partial charge in [0, 0.05) is 5.69 Å². The van der Waals surface area contributed by atoms with Gasteiger partial charge in [-0.15, -0.1) is 10.2 Å². The van der Waals surface area contributed by atoms with Crippen LogP contribution in [0.25, 0.3) is 0 Å². The molecular formula is C10H7BrClN3O2S. The predicted octanol–water partition coefficient (Wildman–Crippen LogP) is 3.21. The summed E-state index contributed by atoms with van der Waals surface area (Å²) in [6.45, 7) is 0. The van der Waals surface area contributed by atoms with Crippen LogP contribution in [0.4, 0.5) is 5.69 Å². The Morgan fingerprint density at radius 2 is 2.28 bits per heavy atom. The van der Waals surface area contributed by atoms with E-state index in [-0.39, 0.29) is 15.4 Å². The molecule has 18 heavy (non-hydrogen) atoms. The molecule has 94 valence electrons. The molecule has 0 aliphatic heterocycles. The van der Waals surface area contributed by atoms with Gasteiger partial charge in [0.2, 0.25) is 9.47 Å². The van der Waals surface area contributed by atoms with E-state index >= 15 is 0 Å². The van der Waals surface area contributed by atoms with Crippen LogP contribution in [0.15, 0.2) is 22.7 Å². The number of anilines is 1. The third-order valence-corrected chi connectivity index (χ3v) is 3.64. The highest BCUT2D eigenvalue weighted by molar-refractivity contribution is 9.10. The summed E-state index contributed by atoms with van der Waals surface area (Å²) in [4.78, 5) is 11.8. The summed E-state index contributed by atoms with van der Waals surface area (Å²) in [5, 5.41) is 10.1. The Balaban J connectivity index is 2.14. The Morgan fingerprint density at radius 3 is 2.83 bits per heavy atom. The number of methoxy groups -OCH3 is 1. The Kier molecular flexibility index (Phi) is 4.15. The van der Waals surface area contributed by atoms with Crippen molar-refractivity contribution in [1.29, 1.82) is 0 Å². The molecule has 0 unspecified atom stereocenters. The minimum Gasteiger partial charge on any atom is -0.496 e. The van der Waals surface area contributed by atoms with Gasteiger partial charge in [-0.3, -0.25) is 4.79 Å². The molecule has 0 saturated carbocycles. The molecule has 0 atom stereocenters. The molecule has 1 N–H and O–H groups in total. The van der Waals surface area contributed by atoms with Gasteiger partial charge in [0.15, 0.2) is 0 Å². The molecule has 0 aliphatic carbocycles. The molecule has 0 fully saturated rings. The third-order valence-electron chi connectivity index (χ3n) is 2.00. The fraction of sp³-hybridized carbons (Fsp3) is 0.100. The highest BCUT2D eigenvalue weighted by Crippen LogP contribution is 2.28. The number of hydrogen-bond donors (Lipinski definition) is 1. The van der Waals surface area contributed by atoms with Crippen LogP contribution in [0.1, 0.15) is 9.80 Å². The monoisotopic (exact) mass is 347 g/mol. The largest absolute Gasteiger partial charge is 0.496 e. The van der Waals surface area contributed by atoms with E-state index in [1.54, 1.807) is 25.3 Å². The number of hydrogen-bond acceptors (Lipinski definition) is 5. The molecule has 0 aliphatic rings. The van der Waals surface area contributed by atoms with Gasteiger partial charge < -0.3 is 10.1 Å². The number of aromatic nitrogens is 2. The summed E-state index contributed by atoms with van der Waals surface area (Å²) in [5.41, 5.74) is 0.624. The molecule has 1 amide bonds. The van der Waals surface area contributed by atoms with E-state index in [0.717, 1.165) is 15.8 Å². The number of rotatable bonds is 3. The average Bonchev–Trinajstić information content (AvgIpc) is 2.76. The van der Waals surface area contributed by atoms with Crippen LogP contribution in [0.3, 0.4) is 0 Å². The molecule has 8 heteroatoms. The summed E-state index contributed by atoms with van der Waals surface area (Å²) >= 11 is 9.97. The van der Waals surface area contributed by atoms with Crippen LogP contribution in [0, 0.1) is 0 Å². The van der Waals surface area contributed by atoms with E-state index in [1.807, 2.05) is 0 Å². The van der Waals surface area contributed by atoms with Crippen LogP contribution in [-0.2, 0) is 0 Å². The van der Waals surface area contributed by atoms with Crippen LogP contribution in [0.2, 0.25) is 4.47 Å². The lowest BCUT2D eigenvalue weighted by Gasteiger charge is -2.06. The first-order chi connectivity index (χ1) is 8.60. The highest BCUT2D eigenvalue weighted by Gasteiger charge is 2.12. The van der Waals surface area contributed by atoms with Gasteiger partial charge >= 0.3 is 0 Å². The Hall–Kier alpha value is -1.18. The van der Waals surface area contributed by atoms with Crippen LogP contribution >= 0.6 is 38.9 Å². The van der Waals surface area contributed by atoms with Gasteiger partial charge in [-0.1, -0.05) is 11.3 Å². The molecule has 0 saturated heterocycles. The van der Waals surface area contributed by atoms with Gasteiger partial charge in [0.25, 0.3) is 5.91 Å². The first-order valence-corrected chi connectivity index (χ1v) is 6.73. The molecule has 0 bridgehead atoms. The quantitative estimate of drug-likeness (QED) is 0.925. The zero-order valence-corrected chi connectivity index (χ0v) is 12.3. The zero-order valence-electron chi connectivity index (χ0n) is 9.11. The standard InChI is InChI=1S/C10H7BrClN3O2S/c1-17-7-3-2-5(4-6(7)11)13-8(16)9-14-15-10(12)18-9/h2-4H,1H3,(H,13,16). The van der Waals surface area contributed by atoms with E-state index in [2.05, 4.69) is 31.4 Å². The van der Waals surface area contributed by atoms with Crippen molar-refractivity contribution < 1.29 is 9.53 Å². The summed E-state index contributed by atoms with van der Waals surface area (Å²) in [5.74, 6) is 0.337. The first-order valence-electron chi connectivity index (χ1n) is 4.74. The maximum absolute atomic E-state index is 11.8. The van der Waals surface area contributed by atoms with Crippen molar-refractivity contribution in [2.75, 3.05) is 12.4 Å². The smallest absolute Gasteiger partial charge is 0.286 e. The summed E-state index contributed by atoms with van der Waals surface area (Å²) < 4.78 is 6.08. The molecule has 0 radical (unpaired) electrons. The minimum atomic E-state index is -0.350. The molecule has 5 nitrogen and oxygen atoms in total. The fourth-order valence-electron chi connectivity index (χ4n) is 1.23. The minimum absolute atomic E-state index is 0.215. The van der Waals surface area contributed by atoms with E-state index in [1.165, 1.54) is 0 Å². The van der Waals surface area contributed by atoms with Crippen molar-refractivity contribution in [2.45, 2.75) is 0 Å². The SMILES string of the molecule is COc1ccc(NC(=O)c2nnc(Cl)s2)cc1Br.